The number of hydrogen-bond acceptors (Lipinski definition) is 7. The molecular formula is C27H26N4O4. The lowest BCUT2D eigenvalue weighted by Crippen LogP contribution is -2.52. The lowest BCUT2D eigenvalue weighted by molar-refractivity contribution is -0.123. The van der Waals surface area contributed by atoms with E-state index in [1.165, 1.54) is 4.90 Å². The van der Waals surface area contributed by atoms with Gasteiger partial charge >= 0.3 is 0 Å². The van der Waals surface area contributed by atoms with Crippen LogP contribution in [0.15, 0.2) is 73.1 Å². The Kier molecular flexibility index (Phi) is 6.29. The van der Waals surface area contributed by atoms with Gasteiger partial charge in [0.05, 0.1) is 25.3 Å². The Hall–Kier alpha value is -4.04. The van der Waals surface area contributed by atoms with Gasteiger partial charge in [0.15, 0.2) is 5.78 Å². The van der Waals surface area contributed by atoms with Gasteiger partial charge in [-0.05, 0) is 60.7 Å². The van der Waals surface area contributed by atoms with E-state index in [0.717, 1.165) is 18.8 Å². The van der Waals surface area contributed by atoms with E-state index in [-0.39, 0.29) is 24.0 Å². The molecule has 2 saturated heterocycles. The molecule has 35 heavy (non-hydrogen) atoms. The Balaban J connectivity index is 1.20. The van der Waals surface area contributed by atoms with Crippen LogP contribution in [0, 0.1) is 0 Å². The summed E-state index contributed by atoms with van der Waals surface area (Å²) in [6, 6.07) is 17.6. The maximum absolute atomic E-state index is 13.1. The number of methoxy groups -OCH3 is 1. The van der Waals surface area contributed by atoms with Crippen LogP contribution < -0.4 is 14.5 Å². The lowest BCUT2D eigenvalue weighted by Gasteiger charge is -2.38. The molecule has 1 unspecified atom stereocenters. The van der Waals surface area contributed by atoms with Gasteiger partial charge in [-0.15, -0.1) is 0 Å². The smallest absolute Gasteiger partial charge is 0.251 e. The van der Waals surface area contributed by atoms with Crippen LogP contribution in [0.25, 0.3) is 0 Å². The van der Waals surface area contributed by atoms with Crippen molar-refractivity contribution in [3.63, 3.8) is 0 Å². The molecule has 0 radical (unpaired) electrons. The van der Waals surface area contributed by atoms with Crippen molar-refractivity contribution in [2.24, 2.45) is 0 Å². The number of carbonyl (C=O) groups is 3. The van der Waals surface area contributed by atoms with Crippen LogP contribution in [0.3, 0.4) is 0 Å². The first kappa shape index (κ1) is 22.7. The zero-order valence-electron chi connectivity index (χ0n) is 19.5. The molecule has 5 rings (SSSR count). The van der Waals surface area contributed by atoms with Gasteiger partial charge in [0.2, 0.25) is 5.91 Å². The van der Waals surface area contributed by atoms with Crippen molar-refractivity contribution in [1.82, 2.24) is 9.88 Å². The summed E-state index contributed by atoms with van der Waals surface area (Å²) in [7, 11) is 1.58. The summed E-state index contributed by atoms with van der Waals surface area (Å²) in [5.41, 5.74) is 2.78. The molecule has 2 aliphatic rings. The molecule has 0 saturated carbocycles. The number of amides is 2. The van der Waals surface area contributed by atoms with Crippen molar-refractivity contribution in [3.05, 3.63) is 84.2 Å². The van der Waals surface area contributed by atoms with Crippen LogP contribution in [0.2, 0.25) is 0 Å². The fourth-order valence-corrected chi connectivity index (χ4v) is 4.68. The van der Waals surface area contributed by atoms with Crippen molar-refractivity contribution in [2.75, 3.05) is 43.1 Å². The van der Waals surface area contributed by atoms with Crippen LogP contribution in [0.4, 0.5) is 11.4 Å². The Morgan fingerprint density at radius 2 is 1.57 bits per heavy atom. The van der Waals surface area contributed by atoms with Crippen LogP contribution in [-0.4, -0.2) is 66.8 Å². The van der Waals surface area contributed by atoms with Crippen LogP contribution in [0.5, 0.6) is 5.75 Å². The Bertz CT molecular complexity index is 1220. The van der Waals surface area contributed by atoms with Crippen molar-refractivity contribution >= 4 is 29.0 Å². The highest BCUT2D eigenvalue weighted by Crippen LogP contribution is 2.28. The van der Waals surface area contributed by atoms with Crippen molar-refractivity contribution < 1.29 is 19.1 Å². The van der Waals surface area contributed by atoms with Gasteiger partial charge in [-0.25, -0.2) is 4.90 Å². The second kappa shape index (κ2) is 9.68. The predicted molar refractivity (Wildman–Crippen MR) is 132 cm³/mol. The summed E-state index contributed by atoms with van der Waals surface area (Å²) >= 11 is 0. The third-order valence-electron chi connectivity index (χ3n) is 6.63. The van der Waals surface area contributed by atoms with Gasteiger partial charge in [0.25, 0.3) is 5.91 Å². The van der Waals surface area contributed by atoms with E-state index in [9.17, 15) is 14.4 Å². The zero-order chi connectivity index (χ0) is 24.4. The molecule has 2 aromatic carbocycles. The molecule has 1 aromatic heterocycles. The molecule has 2 fully saturated rings. The molecule has 8 heteroatoms. The second-order valence-corrected chi connectivity index (χ2v) is 8.63. The number of pyridine rings is 1. The van der Waals surface area contributed by atoms with Crippen molar-refractivity contribution in [2.45, 2.75) is 12.5 Å². The quantitative estimate of drug-likeness (QED) is 0.405. The van der Waals surface area contributed by atoms with Gasteiger partial charge in [-0.2, -0.15) is 0 Å². The minimum atomic E-state index is -0.439. The number of piperazine rings is 1. The number of imide groups is 1. The molecule has 3 heterocycles. The molecule has 1 atom stereocenters. The minimum Gasteiger partial charge on any atom is -0.497 e. The summed E-state index contributed by atoms with van der Waals surface area (Å²) in [6.45, 7) is 2.82. The number of carbonyl (C=O) groups excluding carboxylic acids is 3. The van der Waals surface area contributed by atoms with E-state index in [1.54, 1.807) is 55.9 Å². The topological polar surface area (TPSA) is 83.1 Å². The maximum atomic E-state index is 13.1. The highest BCUT2D eigenvalue weighted by atomic mass is 16.5. The summed E-state index contributed by atoms with van der Waals surface area (Å²) < 4.78 is 5.17. The number of aromatic nitrogens is 1. The molecule has 0 N–H and O–H groups in total. The Morgan fingerprint density at radius 3 is 2.20 bits per heavy atom. The zero-order valence-corrected chi connectivity index (χ0v) is 19.5. The molecule has 0 spiro atoms. The fourth-order valence-electron chi connectivity index (χ4n) is 4.68. The Labute approximate surface area is 203 Å². The number of anilines is 2. The van der Waals surface area contributed by atoms with E-state index >= 15 is 0 Å². The molecule has 3 aromatic rings. The molecular weight excluding hydrogens is 444 g/mol. The van der Waals surface area contributed by atoms with Gasteiger partial charge in [-0.1, -0.05) is 0 Å². The van der Waals surface area contributed by atoms with E-state index < -0.39 is 6.04 Å². The lowest BCUT2D eigenvalue weighted by atomic mass is 10.0. The average Bonchev–Trinajstić information content (AvgIpc) is 3.22. The van der Waals surface area contributed by atoms with E-state index in [4.69, 9.17) is 4.74 Å². The first-order chi connectivity index (χ1) is 17.0. The summed E-state index contributed by atoms with van der Waals surface area (Å²) in [4.78, 5) is 48.0. The number of nitrogens with zero attached hydrogens (tertiary/aromatic N) is 4. The second-order valence-electron chi connectivity index (χ2n) is 8.63. The summed E-state index contributed by atoms with van der Waals surface area (Å²) in [5.74, 6) is 0.267. The average molecular weight is 471 g/mol. The number of rotatable bonds is 6. The highest BCUT2D eigenvalue weighted by molar-refractivity contribution is 6.22. The third kappa shape index (κ3) is 4.52. The molecule has 8 nitrogen and oxygen atoms in total. The van der Waals surface area contributed by atoms with Gasteiger partial charge in [-0.3, -0.25) is 24.3 Å². The minimum absolute atomic E-state index is 0.0553. The maximum Gasteiger partial charge on any atom is 0.251 e. The summed E-state index contributed by atoms with van der Waals surface area (Å²) in [5, 5.41) is 0. The molecule has 178 valence electrons. The molecule has 0 bridgehead atoms. The number of ether oxygens (including phenoxy) is 1. The predicted octanol–water partition coefficient (Wildman–Crippen LogP) is 2.78. The number of benzene rings is 2. The molecule has 2 aliphatic heterocycles. The van der Waals surface area contributed by atoms with Crippen molar-refractivity contribution in [3.8, 4) is 5.75 Å². The standard InChI is InChI=1S/C27H26N4O4/c1-35-23-10-8-22(9-11-23)31-25(32)17-24(27(31)34)30-15-13-29(14-16-30)21-6-4-19(5-7-21)26(33)20-3-2-12-28-18-20/h2-12,18,24H,13-17H2,1H3. The van der Waals surface area contributed by atoms with E-state index in [2.05, 4.69) is 14.8 Å². The molecule has 0 aliphatic carbocycles. The monoisotopic (exact) mass is 470 g/mol. The molecule has 2 amide bonds. The van der Waals surface area contributed by atoms with E-state index in [1.807, 2.05) is 24.3 Å². The number of ketones is 1. The van der Waals surface area contributed by atoms with Gasteiger partial charge < -0.3 is 9.64 Å². The third-order valence-corrected chi connectivity index (χ3v) is 6.63. The first-order valence-corrected chi connectivity index (χ1v) is 11.6. The van der Waals surface area contributed by atoms with Crippen LogP contribution >= 0.6 is 0 Å². The van der Waals surface area contributed by atoms with E-state index in [0.29, 0.717) is 35.7 Å². The largest absolute Gasteiger partial charge is 0.497 e. The normalized spacial score (nSPS) is 18.7. The first-order valence-electron chi connectivity index (χ1n) is 11.6. The van der Waals surface area contributed by atoms with Gasteiger partial charge in [0, 0.05) is 55.4 Å². The van der Waals surface area contributed by atoms with Crippen molar-refractivity contribution in [1.29, 1.82) is 0 Å². The summed E-state index contributed by atoms with van der Waals surface area (Å²) in [6.07, 6.45) is 3.40. The SMILES string of the molecule is COc1ccc(N2C(=O)CC(N3CCN(c4ccc(C(=O)c5cccnc5)cc4)CC3)C2=O)cc1. The fraction of sp³-hybridized carbons (Fsp3) is 0.259. The highest BCUT2D eigenvalue weighted by Gasteiger charge is 2.43. The van der Waals surface area contributed by atoms with Gasteiger partial charge in [0.1, 0.15) is 5.75 Å². The van der Waals surface area contributed by atoms with Crippen LogP contribution in [0.1, 0.15) is 22.3 Å². The Morgan fingerprint density at radius 1 is 0.886 bits per heavy atom. The number of hydrogen-bond donors (Lipinski definition) is 0. The van der Waals surface area contributed by atoms with Crippen LogP contribution in [-0.2, 0) is 9.59 Å².